The predicted molar refractivity (Wildman–Crippen MR) is 108 cm³/mol. The molecule has 7 nitrogen and oxygen atoms in total. The Morgan fingerprint density at radius 3 is 2.18 bits per heavy atom. The molecule has 1 fully saturated rings. The van der Waals surface area contributed by atoms with E-state index in [-0.39, 0.29) is 23.7 Å². The van der Waals surface area contributed by atoms with Crippen LogP contribution < -0.4 is 4.90 Å². The van der Waals surface area contributed by atoms with E-state index < -0.39 is 14.9 Å². The maximum absolute atomic E-state index is 13.0. The van der Waals surface area contributed by atoms with Gasteiger partial charge < -0.3 is 4.90 Å². The summed E-state index contributed by atoms with van der Waals surface area (Å²) in [4.78, 5) is 13.0. The van der Waals surface area contributed by atoms with Crippen LogP contribution in [0.3, 0.4) is 0 Å². The molecule has 3 aromatic rings. The first-order valence-electron chi connectivity index (χ1n) is 8.94. The highest BCUT2D eigenvalue weighted by Crippen LogP contribution is 2.29. The van der Waals surface area contributed by atoms with Gasteiger partial charge in [0.25, 0.3) is 5.69 Å². The third-order valence-corrected chi connectivity index (χ3v) is 6.91. The first-order valence-corrected chi connectivity index (χ1v) is 10.4. The number of para-hydroxylation sites is 2. The average Bonchev–Trinajstić information content (AvgIpc) is 2.73. The van der Waals surface area contributed by atoms with Crippen LogP contribution in [0.15, 0.2) is 71.6 Å². The maximum Gasteiger partial charge on any atom is 0.292 e. The molecule has 0 radical (unpaired) electrons. The molecular weight excluding hydrogens is 378 g/mol. The fraction of sp³-hybridized carbons (Fsp3) is 0.200. The second kappa shape index (κ2) is 7.21. The van der Waals surface area contributed by atoms with Crippen molar-refractivity contribution in [2.45, 2.75) is 4.90 Å². The molecule has 0 unspecified atom stereocenters. The van der Waals surface area contributed by atoms with Crippen molar-refractivity contribution in [3.05, 3.63) is 76.8 Å². The SMILES string of the molecule is O=[N+]([O-])c1ccccc1N1CCN(S(=O)(=O)c2ccc3ccccc3c2)CC1. The van der Waals surface area contributed by atoms with Crippen LogP contribution in [0, 0.1) is 10.1 Å². The number of hydrogen-bond donors (Lipinski definition) is 0. The van der Waals surface area contributed by atoms with E-state index >= 15 is 0 Å². The van der Waals surface area contributed by atoms with E-state index in [0.717, 1.165) is 10.8 Å². The van der Waals surface area contributed by atoms with Crippen molar-refractivity contribution in [1.82, 2.24) is 4.31 Å². The molecule has 1 aliphatic rings. The standard InChI is InChI=1S/C20H19N3O4S/c24-23(25)20-8-4-3-7-19(20)21-11-13-22(14-12-21)28(26,27)18-10-9-16-5-1-2-6-17(16)15-18/h1-10,15H,11-14H2. The Morgan fingerprint density at radius 1 is 0.821 bits per heavy atom. The van der Waals surface area contributed by atoms with Gasteiger partial charge in [0, 0.05) is 32.2 Å². The van der Waals surface area contributed by atoms with Crippen LogP contribution in [0.1, 0.15) is 0 Å². The second-order valence-corrected chi connectivity index (χ2v) is 8.58. The Kier molecular flexibility index (Phi) is 4.74. The van der Waals surface area contributed by atoms with E-state index in [1.807, 2.05) is 35.2 Å². The zero-order valence-corrected chi connectivity index (χ0v) is 15.9. The van der Waals surface area contributed by atoms with E-state index in [0.29, 0.717) is 18.8 Å². The minimum atomic E-state index is -3.61. The molecule has 0 amide bonds. The summed E-state index contributed by atoms with van der Waals surface area (Å²) < 4.78 is 27.5. The van der Waals surface area contributed by atoms with Crippen molar-refractivity contribution in [3.63, 3.8) is 0 Å². The molecule has 1 saturated heterocycles. The minimum Gasteiger partial charge on any atom is -0.363 e. The van der Waals surface area contributed by atoms with Crippen LogP contribution in [-0.2, 0) is 10.0 Å². The van der Waals surface area contributed by atoms with Crippen LogP contribution in [-0.4, -0.2) is 43.8 Å². The van der Waals surface area contributed by atoms with Gasteiger partial charge >= 0.3 is 0 Å². The predicted octanol–water partition coefficient (Wildman–Crippen LogP) is 3.26. The first-order chi connectivity index (χ1) is 13.5. The van der Waals surface area contributed by atoms with Gasteiger partial charge in [0.2, 0.25) is 10.0 Å². The number of benzene rings is 3. The normalized spacial score (nSPS) is 15.6. The van der Waals surface area contributed by atoms with Gasteiger partial charge in [-0.3, -0.25) is 10.1 Å². The molecule has 0 spiro atoms. The van der Waals surface area contributed by atoms with Gasteiger partial charge in [0.15, 0.2) is 0 Å². The second-order valence-electron chi connectivity index (χ2n) is 6.65. The molecular formula is C20H19N3O4S. The lowest BCUT2D eigenvalue weighted by atomic mass is 10.1. The molecule has 1 heterocycles. The van der Waals surface area contributed by atoms with Crippen molar-refractivity contribution >= 4 is 32.2 Å². The molecule has 0 bridgehead atoms. The van der Waals surface area contributed by atoms with Gasteiger partial charge in [-0.05, 0) is 29.0 Å². The number of piperazine rings is 1. The molecule has 144 valence electrons. The van der Waals surface area contributed by atoms with E-state index in [1.165, 1.54) is 10.4 Å². The number of fused-ring (bicyclic) bond motifs is 1. The maximum atomic E-state index is 13.0. The summed E-state index contributed by atoms with van der Waals surface area (Å²) in [6.45, 7) is 1.36. The number of nitro benzene ring substituents is 1. The number of rotatable bonds is 4. The smallest absolute Gasteiger partial charge is 0.292 e. The summed E-state index contributed by atoms with van der Waals surface area (Å²) >= 11 is 0. The minimum absolute atomic E-state index is 0.0355. The van der Waals surface area contributed by atoms with Gasteiger partial charge in [-0.1, -0.05) is 42.5 Å². The quantitative estimate of drug-likeness (QED) is 0.498. The molecule has 0 aromatic heterocycles. The van der Waals surface area contributed by atoms with Crippen molar-refractivity contribution in [3.8, 4) is 0 Å². The van der Waals surface area contributed by atoms with Gasteiger partial charge in [-0.25, -0.2) is 8.42 Å². The molecule has 0 aliphatic carbocycles. The molecule has 0 atom stereocenters. The monoisotopic (exact) mass is 397 g/mol. The van der Waals surface area contributed by atoms with Crippen LogP contribution in [0.2, 0.25) is 0 Å². The van der Waals surface area contributed by atoms with Crippen LogP contribution in [0.5, 0.6) is 0 Å². The molecule has 0 N–H and O–H groups in total. The Morgan fingerprint density at radius 2 is 1.46 bits per heavy atom. The summed E-state index contributed by atoms with van der Waals surface area (Å²) in [6, 6.07) is 19.3. The van der Waals surface area contributed by atoms with Crippen LogP contribution in [0.25, 0.3) is 10.8 Å². The van der Waals surface area contributed by atoms with E-state index in [4.69, 9.17) is 0 Å². The highest BCUT2D eigenvalue weighted by molar-refractivity contribution is 7.89. The topological polar surface area (TPSA) is 83.8 Å². The number of anilines is 1. The Bertz CT molecular complexity index is 1140. The lowest BCUT2D eigenvalue weighted by Gasteiger charge is -2.35. The number of hydrogen-bond acceptors (Lipinski definition) is 5. The Balaban J connectivity index is 1.55. The van der Waals surface area contributed by atoms with Crippen LogP contribution >= 0.6 is 0 Å². The number of sulfonamides is 1. The highest BCUT2D eigenvalue weighted by Gasteiger charge is 2.30. The molecule has 0 saturated carbocycles. The van der Waals surface area contributed by atoms with Gasteiger partial charge in [0.1, 0.15) is 5.69 Å². The lowest BCUT2D eigenvalue weighted by molar-refractivity contribution is -0.384. The van der Waals surface area contributed by atoms with Crippen molar-refractivity contribution in [2.24, 2.45) is 0 Å². The largest absolute Gasteiger partial charge is 0.363 e. The Labute approximate surface area is 163 Å². The molecule has 8 heteroatoms. The van der Waals surface area contributed by atoms with Gasteiger partial charge in [-0.15, -0.1) is 0 Å². The third kappa shape index (κ3) is 3.32. The van der Waals surface area contributed by atoms with Crippen molar-refractivity contribution < 1.29 is 13.3 Å². The highest BCUT2D eigenvalue weighted by atomic mass is 32.2. The van der Waals surface area contributed by atoms with Crippen molar-refractivity contribution in [2.75, 3.05) is 31.1 Å². The Hall–Kier alpha value is -2.97. The number of nitrogens with zero attached hydrogens (tertiary/aromatic N) is 3. The van der Waals surface area contributed by atoms with E-state index in [9.17, 15) is 18.5 Å². The summed E-state index contributed by atoms with van der Waals surface area (Å²) in [5.74, 6) is 0. The summed E-state index contributed by atoms with van der Waals surface area (Å²) in [5, 5.41) is 13.1. The number of nitro groups is 1. The summed E-state index contributed by atoms with van der Waals surface area (Å²) in [7, 11) is -3.61. The zero-order chi connectivity index (χ0) is 19.7. The van der Waals surface area contributed by atoms with Gasteiger partial charge in [0.05, 0.1) is 9.82 Å². The summed E-state index contributed by atoms with van der Waals surface area (Å²) in [5.41, 5.74) is 0.559. The third-order valence-electron chi connectivity index (χ3n) is 5.02. The average molecular weight is 397 g/mol. The molecule has 3 aromatic carbocycles. The first kappa shape index (κ1) is 18.4. The van der Waals surface area contributed by atoms with E-state index in [2.05, 4.69) is 0 Å². The summed E-state index contributed by atoms with van der Waals surface area (Å²) in [6.07, 6.45) is 0. The van der Waals surface area contributed by atoms with E-state index in [1.54, 1.807) is 30.3 Å². The lowest BCUT2D eigenvalue weighted by Crippen LogP contribution is -2.48. The molecule has 1 aliphatic heterocycles. The fourth-order valence-corrected chi connectivity index (χ4v) is 4.99. The van der Waals surface area contributed by atoms with Crippen LogP contribution in [0.4, 0.5) is 11.4 Å². The van der Waals surface area contributed by atoms with Gasteiger partial charge in [-0.2, -0.15) is 4.31 Å². The fourth-order valence-electron chi connectivity index (χ4n) is 3.53. The zero-order valence-electron chi connectivity index (χ0n) is 15.1. The molecule has 4 rings (SSSR count). The molecule has 28 heavy (non-hydrogen) atoms. The van der Waals surface area contributed by atoms with Crippen molar-refractivity contribution in [1.29, 1.82) is 0 Å².